The molecule has 0 radical (unpaired) electrons. The van der Waals surface area contributed by atoms with E-state index in [1.807, 2.05) is 38.1 Å². The van der Waals surface area contributed by atoms with E-state index in [-0.39, 0.29) is 12.0 Å². The number of benzene rings is 1. The Morgan fingerprint density at radius 2 is 2.13 bits per heavy atom. The summed E-state index contributed by atoms with van der Waals surface area (Å²) in [6.45, 7) is 7.77. The van der Waals surface area contributed by atoms with E-state index >= 15 is 0 Å². The molecule has 1 amide bonds. The standard InChI is InChI=1S/C19H30N2O2/c1-4-16-9-7-8-14-21(16)19(22)12-13-20-17-10-5-6-11-18(17)23-15(2)3/h5-6,10-11,15-16,20H,4,7-9,12-14H2,1-3H3. The van der Waals surface area contributed by atoms with Crippen LogP contribution in [0.25, 0.3) is 0 Å². The number of amides is 1. The van der Waals surface area contributed by atoms with Gasteiger partial charge in [0, 0.05) is 25.6 Å². The lowest BCUT2D eigenvalue weighted by molar-refractivity contribution is -0.134. The molecule has 0 aliphatic carbocycles. The van der Waals surface area contributed by atoms with Gasteiger partial charge in [-0.1, -0.05) is 19.1 Å². The van der Waals surface area contributed by atoms with Gasteiger partial charge in [0.1, 0.15) is 5.75 Å². The summed E-state index contributed by atoms with van der Waals surface area (Å²) in [6.07, 6.45) is 5.27. The number of rotatable bonds is 7. The lowest BCUT2D eigenvalue weighted by atomic mass is 9.99. The average Bonchev–Trinajstić information content (AvgIpc) is 2.55. The number of nitrogens with one attached hydrogen (secondary N) is 1. The largest absolute Gasteiger partial charge is 0.489 e. The highest BCUT2D eigenvalue weighted by atomic mass is 16.5. The molecule has 1 heterocycles. The van der Waals surface area contributed by atoms with Crippen LogP contribution < -0.4 is 10.1 Å². The second-order valence-corrected chi connectivity index (χ2v) is 6.48. The van der Waals surface area contributed by atoms with Gasteiger partial charge in [0.25, 0.3) is 0 Å². The molecule has 4 nitrogen and oxygen atoms in total. The first kappa shape index (κ1) is 17.6. The Morgan fingerprint density at radius 3 is 2.87 bits per heavy atom. The molecule has 1 aliphatic rings. The number of para-hydroxylation sites is 2. The Kier molecular flexibility index (Phi) is 6.75. The molecule has 1 atom stereocenters. The van der Waals surface area contributed by atoms with Gasteiger partial charge in [-0.15, -0.1) is 0 Å². The first-order valence-corrected chi connectivity index (χ1v) is 8.90. The molecule has 0 bridgehead atoms. The van der Waals surface area contributed by atoms with Crippen LogP contribution in [0.5, 0.6) is 5.75 Å². The molecule has 1 aliphatic heterocycles. The fraction of sp³-hybridized carbons (Fsp3) is 0.632. The number of nitrogens with zero attached hydrogens (tertiary/aromatic N) is 1. The minimum atomic E-state index is 0.137. The first-order chi connectivity index (χ1) is 11.1. The minimum absolute atomic E-state index is 0.137. The van der Waals surface area contributed by atoms with Crippen molar-refractivity contribution < 1.29 is 9.53 Å². The number of ether oxygens (including phenoxy) is 1. The zero-order valence-electron chi connectivity index (χ0n) is 14.7. The van der Waals surface area contributed by atoms with Crippen LogP contribution in [-0.2, 0) is 4.79 Å². The molecule has 4 heteroatoms. The van der Waals surface area contributed by atoms with Crippen LogP contribution in [0.1, 0.15) is 52.9 Å². The summed E-state index contributed by atoms with van der Waals surface area (Å²) in [4.78, 5) is 14.6. The average molecular weight is 318 g/mol. The molecule has 1 aromatic rings. The molecule has 0 aromatic heterocycles. The highest BCUT2D eigenvalue weighted by Gasteiger charge is 2.24. The summed E-state index contributed by atoms with van der Waals surface area (Å²) >= 11 is 0. The molecule has 0 spiro atoms. The molecule has 128 valence electrons. The van der Waals surface area contributed by atoms with Crippen molar-refractivity contribution in [3.63, 3.8) is 0 Å². The molecule has 1 aromatic carbocycles. The van der Waals surface area contributed by atoms with Gasteiger partial charge in [0.05, 0.1) is 11.8 Å². The molecule has 0 saturated carbocycles. The molecule has 1 saturated heterocycles. The van der Waals surface area contributed by atoms with E-state index in [0.29, 0.717) is 19.0 Å². The van der Waals surface area contributed by atoms with E-state index in [0.717, 1.165) is 37.2 Å². The van der Waals surface area contributed by atoms with Gasteiger partial charge in [-0.2, -0.15) is 0 Å². The maximum Gasteiger partial charge on any atom is 0.224 e. The van der Waals surface area contributed by atoms with E-state index in [1.165, 1.54) is 6.42 Å². The lowest BCUT2D eigenvalue weighted by Crippen LogP contribution is -2.43. The molecular formula is C19H30N2O2. The van der Waals surface area contributed by atoms with Crippen molar-refractivity contribution in [1.29, 1.82) is 0 Å². The van der Waals surface area contributed by atoms with Gasteiger partial charge in [-0.3, -0.25) is 4.79 Å². The number of carbonyl (C=O) groups is 1. The summed E-state index contributed by atoms with van der Waals surface area (Å²) in [5.74, 6) is 1.12. The monoisotopic (exact) mass is 318 g/mol. The third-order valence-electron chi connectivity index (χ3n) is 4.32. The molecule has 1 N–H and O–H groups in total. The number of hydrogen-bond acceptors (Lipinski definition) is 3. The van der Waals surface area contributed by atoms with Crippen LogP contribution in [0.2, 0.25) is 0 Å². The zero-order valence-corrected chi connectivity index (χ0v) is 14.7. The smallest absolute Gasteiger partial charge is 0.224 e. The van der Waals surface area contributed by atoms with Crippen molar-refractivity contribution in [2.45, 2.75) is 65.0 Å². The van der Waals surface area contributed by atoms with Crippen LogP contribution in [0.3, 0.4) is 0 Å². The fourth-order valence-corrected chi connectivity index (χ4v) is 3.17. The fourth-order valence-electron chi connectivity index (χ4n) is 3.17. The molecule has 2 rings (SSSR count). The Labute approximate surface area is 140 Å². The molecule has 23 heavy (non-hydrogen) atoms. The summed E-state index contributed by atoms with van der Waals surface area (Å²) < 4.78 is 5.80. The quantitative estimate of drug-likeness (QED) is 0.824. The summed E-state index contributed by atoms with van der Waals surface area (Å²) in [5.41, 5.74) is 0.958. The number of hydrogen-bond donors (Lipinski definition) is 1. The minimum Gasteiger partial charge on any atom is -0.489 e. The third kappa shape index (κ3) is 5.15. The summed E-state index contributed by atoms with van der Waals surface area (Å²) in [7, 11) is 0. The molecule has 1 fully saturated rings. The van der Waals surface area contributed by atoms with Crippen molar-refractivity contribution in [3.8, 4) is 5.75 Å². The van der Waals surface area contributed by atoms with Gasteiger partial charge < -0.3 is 15.0 Å². The predicted octanol–water partition coefficient (Wildman–Crippen LogP) is 4.07. The zero-order chi connectivity index (χ0) is 16.7. The molecular weight excluding hydrogens is 288 g/mol. The van der Waals surface area contributed by atoms with Crippen molar-refractivity contribution in [2.75, 3.05) is 18.4 Å². The predicted molar refractivity (Wildman–Crippen MR) is 95.0 cm³/mol. The van der Waals surface area contributed by atoms with E-state index in [2.05, 4.69) is 17.1 Å². The van der Waals surface area contributed by atoms with Crippen LogP contribution in [0, 0.1) is 0 Å². The van der Waals surface area contributed by atoms with Gasteiger partial charge in [-0.25, -0.2) is 0 Å². The summed E-state index contributed by atoms with van der Waals surface area (Å²) in [6, 6.07) is 8.34. The van der Waals surface area contributed by atoms with Gasteiger partial charge in [-0.05, 0) is 51.7 Å². The van der Waals surface area contributed by atoms with Gasteiger partial charge in [0.2, 0.25) is 5.91 Å². The Balaban J connectivity index is 1.86. The van der Waals surface area contributed by atoms with Gasteiger partial charge in [0.15, 0.2) is 0 Å². The van der Waals surface area contributed by atoms with Crippen LogP contribution in [0.4, 0.5) is 5.69 Å². The SMILES string of the molecule is CCC1CCCCN1C(=O)CCNc1ccccc1OC(C)C. The van der Waals surface area contributed by atoms with E-state index in [1.54, 1.807) is 0 Å². The lowest BCUT2D eigenvalue weighted by Gasteiger charge is -2.35. The van der Waals surface area contributed by atoms with Crippen LogP contribution in [0.15, 0.2) is 24.3 Å². The highest BCUT2D eigenvalue weighted by molar-refractivity contribution is 5.77. The van der Waals surface area contributed by atoms with Gasteiger partial charge >= 0.3 is 0 Å². The van der Waals surface area contributed by atoms with Crippen molar-refractivity contribution in [2.24, 2.45) is 0 Å². The number of likely N-dealkylation sites (tertiary alicyclic amines) is 1. The normalized spacial score (nSPS) is 18.1. The Hall–Kier alpha value is -1.71. The summed E-state index contributed by atoms with van der Waals surface area (Å²) in [5, 5.41) is 3.35. The van der Waals surface area contributed by atoms with E-state index in [4.69, 9.17) is 4.74 Å². The topological polar surface area (TPSA) is 41.6 Å². The van der Waals surface area contributed by atoms with E-state index < -0.39 is 0 Å². The number of carbonyl (C=O) groups excluding carboxylic acids is 1. The van der Waals surface area contributed by atoms with Crippen molar-refractivity contribution in [1.82, 2.24) is 4.90 Å². The van der Waals surface area contributed by atoms with Crippen LogP contribution in [-0.4, -0.2) is 36.0 Å². The van der Waals surface area contributed by atoms with Crippen molar-refractivity contribution >= 4 is 11.6 Å². The second-order valence-electron chi connectivity index (χ2n) is 6.48. The van der Waals surface area contributed by atoms with Crippen molar-refractivity contribution in [3.05, 3.63) is 24.3 Å². The Bertz CT molecular complexity index is 502. The van der Waals surface area contributed by atoms with Crippen LogP contribution >= 0.6 is 0 Å². The van der Waals surface area contributed by atoms with E-state index in [9.17, 15) is 4.79 Å². The Morgan fingerprint density at radius 1 is 1.35 bits per heavy atom. The second kappa shape index (κ2) is 8.80. The maximum absolute atomic E-state index is 12.5. The molecule has 1 unspecified atom stereocenters. The number of piperidine rings is 1. The highest BCUT2D eigenvalue weighted by Crippen LogP contribution is 2.25. The first-order valence-electron chi connectivity index (χ1n) is 8.90. The number of anilines is 1. The third-order valence-corrected chi connectivity index (χ3v) is 4.32. The maximum atomic E-state index is 12.5.